The minimum atomic E-state index is -1.40. The van der Waals surface area contributed by atoms with Crippen LogP contribution in [-0.2, 0) is 5.67 Å². The summed E-state index contributed by atoms with van der Waals surface area (Å²) in [7, 11) is 3.58. The predicted molar refractivity (Wildman–Crippen MR) is 125 cm³/mol. The van der Waals surface area contributed by atoms with Gasteiger partial charge in [-0.3, -0.25) is 0 Å². The van der Waals surface area contributed by atoms with Crippen molar-refractivity contribution in [3.8, 4) is 5.75 Å². The largest absolute Gasteiger partial charge is 0.493 e. The average Bonchev–Trinajstić information content (AvgIpc) is 3.61. The van der Waals surface area contributed by atoms with Crippen LogP contribution in [0.15, 0.2) is 30.7 Å². The van der Waals surface area contributed by atoms with E-state index in [9.17, 15) is 9.50 Å². The molecule has 0 spiro atoms. The second kappa shape index (κ2) is 8.70. The summed E-state index contributed by atoms with van der Waals surface area (Å²) < 4.78 is 20.4. The standard InChI is InChI=1S/C24H29FN6O2/c1-30(11-12-32)17-3-4-19-18(13-17)22(29-23(28-19)24(25)7-8-24)31-9-5-16(6-10-31)21-20(33-2)14-26-15-27-21/h3-4,13-16,32H,5-12H2,1-2H3. The second-order valence-corrected chi connectivity index (χ2v) is 8.92. The summed E-state index contributed by atoms with van der Waals surface area (Å²) in [6.45, 7) is 2.15. The molecule has 1 aromatic carbocycles. The van der Waals surface area contributed by atoms with E-state index >= 15 is 0 Å². The number of piperidine rings is 1. The number of aliphatic hydroxyl groups is 1. The monoisotopic (exact) mass is 452 g/mol. The van der Waals surface area contributed by atoms with Gasteiger partial charge in [-0.25, -0.2) is 24.3 Å². The van der Waals surface area contributed by atoms with Crippen LogP contribution >= 0.6 is 0 Å². The number of likely N-dealkylation sites (N-methyl/N-ethyl adjacent to an activating group) is 1. The highest BCUT2D eigenvalue weighted by molar-refractivity contribution is 5.92. The van der Waals surface area contributed by atoms with E-state index in [-0.39, 0.29) is 12.5 Å². The van der Waals surface area contributed by atoms with Crippen LogP contribution in [0.3, 0.4) is 0 Å². The molecule has 33 heavy (non-hydrogen) atoms. The molecular weight excluding hydrogens is 423 g/mol. The molecule has 0 bridgehead atoms. The first-order valence-electron chi connectivity index (χ1n) is 11.4. The molecule has 1 saturated carbocycles. The number of aromatic nitrogens is 4. The molecule has 174 valence electrons. The summed E-state index contributed by atoms with van der Waals surface area (Å²) in [5, 5.41) is 10.2. The van der Waals surface area contributed by atoms with Crippen molar-refractivity contribution < 1.29 is 14.2 Å². The van der Waals surface area contributed by atoms with Crippen LogP contribution in [0.5, 0.6) is 5.75 Å². The van der Waals surface area contributed by atoms with Crippen molar-refractivity contribution in [3.63, 3.8) is 0 Å². The minimum absolute atomic E-state index is 0.0707. The molecule has 9 heteroatoms. The Bertz CT molecular complexity index is 1150. The Balaban J connectivity index is 1.48. The van der Waals surface area contributed by atoms with E-state index in [0.717, 1.165) is 59.8 Å². The molecule has 0 atom stereocenters. The van der Waals surface area contributed by atoms with Crippen LogP contribution in [-0.4, -0.2) is 65.4 Å². The zero-order valence-electron chi connectivity index (χ0n) is 19.0. The Morgan fingerprint density at radius 1 is 1.24 bits per heavy atom. The van der Waals surface area contributed by atoms with Crippen LogP contribution < -0.4 is 14.5 Å². The predicted octanol–water partition coefficient (Wildman–Crippen LogP) is 3.20. The first-order chi connectivity index (χ1) is 16.0. The number of ether oxygens (including phenoxy) is 1. The van der Waals surface area contributed by atoms with E-state index in [4.69, 9.17) is 9.72 Å². The molecule has 0 radical (unpaired) electrons. The van der Waals surface area contributed by atoms with Gasteiger partial charge in [-0.2, -0.15) is 0 Å². The Morgan fingerprint density at radius 3 is 2.73 bits per heavy atom. The number of hydrogen-bond donors (Lipinski definition) is 1. The van der Waals surface area contributed by atoms with Crippen molar-refractivity contribution in [2.24, 2.45) is 0 Å². The molecule has 5 rings (SSSR count). The van der Waals surface area contributed by atoms with Gasteiger partial charge in [0.25, 0.3) is 0 Å². The van der Waals surface area contributed by atoms with Gasteiger partial charge in [0, 0.05) is 43.7 Å². The molecule has 2 fully saturated rings. The number of anilines is 2. The summed E-state index contributed by atoms with van der Waals surface area (Å²) >= 11 is 0. The zero-order chi connectivity index (χ0) is 23.0. The Morgan fingerprint density at radius 2 is 2.03 bits per heavy atom. The van der Waals surface area contributed by atoms with Gasteiger partial charge in [0.1, 0.15) is 12.1 Å². The van der Waals surface area contributed by atoms with E-state index < -0.39 is 5.67 Å². The maximum Gasteiger partial charge on any atom is 0.170 e. The summed E-state index contributed by atoms with van der Waals surface area (Å²) in [5.74, 6) is 2.07. The average molecular weight is 453 g/mol. The Hall–Kier alpha value is -3.07. The molecule has 2 aliphatic rings. The number of methoxy groups -OCH3 is 1. The highest BCUT2D eigenvalue weighted by Gasteiger charge is 2.48. The number of nitrogens with zero attached hydrogens (tertiary/aromatic N) is 6. The van der Waals surface area contributed by atoms with E-state index in [1.54, 1.807) is 19.6 Å². The Kier molecular flexibility index (Phi) is 5.74. The summed E-state index contributed by atoms with van der Waals surface area (Å²) in [5.41, 5.74) is 1.26. The maximum absolute atomic E-state index is 15.0. The fourth-order valence-corrected chi connectivity index (χ4v) is 4.55. The fourth-order valence-electron chi connectivity index (χ4n) is 4.55. The molecule has 1 N–H and O–H groups in total. The Labute approximate surface area is 192 Å². The van der Waals surface area contributed by atoms with E-state index in [1.165, 1.54) is 0 Å². The van der Waals surface area contributed by atoms with Crippen molar-refractivity contribution in [2.45, 2.75) is 37.3 Å². The van der Waals surface area contributed by atoms with E-state index in [1.807, 2.05) is 30.1 Å². The van der Waals surface area contributed by atoms with Gasteiger partial charge < -0.3 is 19.6 Å². The number of alkyl halides is 1. The van der Waals surface area contributed by atoms with Gasteiger partial charge in [-0.15, -0.1) is 0 Å². The normalized spacial score (nSPS) is 17.9. The van der Waals surface area contributed by atoms with Crippen LogP contribution in [0, 0.1) is 0 Å². The topological polar surface area (TPSA) is 87.5 Å². The van der Waals surface area contributed by atoms with Gasteiger partial charge in [0.2, 0.25) is 0 Å². The van der Waals surface area contributed by atoms with E-state index in [2.05, 4.69) is 19.9 Å². The quantitative estimate of drug-likeness (QED) is 0.585. The van der Waals surface area contributed by atoms with Crippen molar-refractivity contribution in [2.75, 3.05) is 50.2 Å². The second-order valence-electron chi connectivity index (χ2n) is 8.92. The lowest BCUT2D eigenvalue weighted by molar-refractivity contribution is 0.301. The summed E-state index contributed by atoms with van der Waals surface area (Å²) in [6, 6.07) is 5.93. The molecular formula is C24H29FN6O2. The minimum Gasteiger partial charge on any atom is -0.493 e. The third-order valence-corrected chi connectivity index (χ3v) is 6.73. The molecule has 2 aromatic heterocycles. The van der Waals surface area contributed by atoms with Crippen LogP contribution in [0.25, 0.3) is 10.9 Å². The van der Waals surface area contributed by atoms with Crippen molar-refractivity contribution in [3.05, 3.63) is 42.2 Å². The van der Waals surface area contributed by atoms with Gasteiger partial charge in [-0.05, 0) is 43.9 Å². The molecule has 1 saturated heterocycles. The fraction of sp³-hybridized carbons (Fsp3) is 0.500. The van der Waals surface area contributed by atoms with Crippen LogP contribution in [0.2, 0.25) is 0 Å². The van der Waals surface area contributed by atoms with Crippen LogP contribution in [0.1, 0.15) is 43.1 Å². The SMILES string of the molecule is COc1cncnc1C1CCN(c2nc(C3(F)CC3)nc3ccc(N(C)CCO)cc23)CC1. The number of hydrogen-bond acceptors (Lipinski definition) is 8. The smallest absolute Gasteiger partial charge is 0.170 e. The molecule has 1 aliphatic heterocycles. The molecule has 8 nitrogen and oxygen atoms in total. The third-order valence-electron chi connectivity index (χ3n) is 6.73. The molecule has 3 aromatic rings. The van der Waals surface area contributed by atoms with Crippen molar-refractivity contribution in [1.82, 2.24) is 19.9 Å². The summed E-state index contributed by atoms with van der Waals surface area (Å²) in [4.78, 5) is 22.1. The van der Waals surface area contributed by atoms with Gasteiger partial charge >= 0.3 is 0 Å². The maximum atomic E-state index is 15.0. The first-order valence-corrected chi connectivity index (χ1v) is 11.4. The number of aliphatic hydroxyl groups excluding tert-OH is 1. The van der Waals surface area contributed by atoms with Gasteiger partial charge in [-0.1, -0.05) is 0 Å². The molecule has 0 amide bonds. The van der Waals surface area contributed by atoms with E-state index in [0.29, 0.717) is 25.2 Å². The van der Waals surface area contributed by atoms with Crippen LogP contribution in [0.4, 0.5) is 15.9 Å². The molecule has 1 aliphatic carbocycles. The van der Waals surface area contributed by atoms with Gasteiger partial charge in [0.15, 0.2) is 17.2 Å². The highest BCUT2D eigenvalue weighted by Crippen LogP contribution is 2.49. The van der Waals surface area contributed by atoms with Crippen molar-refractivity contribution in [1.29, 1.82) is 0 Å². The highest BCUT2D eigenvalue weighted by atomic mass is 19.1. The number of halogens is 1. The van der Waals surface area contributed by atoms with Gasteiger partial charge in [0.05, 0.1) is 31.1 Å². The van der Waals surface area contributed by atoms with Crippen molar-refractivity contribution >= 4 is 22.4 Å². The third kappa shape index (κ3) is 4.17. The lowest BCUT2D eigenvalue weighted by Crippen LogP contribution is -2.34. The lowest BCUT2D eigenvalue weighted by atomic mass is 9.92. The number of benzene rings is 1. The first kappa shape index (κ1) is 21.8. The molecule has 0 unspecified atom stereocenters. The molecule has 3 heterocycles. The lowest BCUT2D eigenvalue weighted by Gasteiger charge is -2.34. The zero-order valence-corrected chi connectivity index (χ0v) is 19.0. The number of fused-ring (bicyclic) bond motifs is 1. The summed E-state index contributed by atoms with van der Waals surface area (Å²) in [6.07, 6.45) is 6.00. The number of rotatable bonds is 7.